The van der Waals surface area contributed by atoms with Gasteiger partial charge in [-0.25, -0.2) is 0 Å². The van der Waals surface area contributed by atoms with Crippen LogP contribution in [0.25, 0.3) is 0 Å². The summed E-state index contributed by atoms with van der Waals surface area (Å²) in [5, 5.41) is 0.671. The molecular weight excluding hydrogens is 364 g/mol. The van der Waals surface area contributed by atoms with Crippen molar-refractivity contribution in [1.82, 2.24) is 9.88 Å². The molecule has 2 aromatic rings. The molecule has 6 heteroatoms. The van der Waals surface area contributed by atoms with Crippen molar-refractivity contribution in [1.29, 1.82) is 0 Å². The summed E-state index contributed by atoms with van der Waals surface area (Å²) in [6, 6.07) is 11.5. The smallest absolute Gasteiger partial charge is 0.230 e. The van der Waals surface area contributed by atoms with E-state index in [9.17, 15) is 4.79 Å². The topological polar surface area (TPSA) is 51.7 Å². The van der Waals surface area contributed by atoms with Gasteiger partial charge in [-0.15, -0.1) is 0 Å². The molecule has 0 bridgehead atoms. The largest absolute Gasteiger partial charge is 0.347 e. The van der Waals surface area contributed by atoms with Gasteiger partial charge < -0.3 is 14.4 Å². The second-order valence-electron chi connectivity index (χ2n) is 7.10. The molecule has 4 rings (SSSR count). The lowest BCUT2D eigenvalue weighted by molar-refractivity contribution is -0.187. The van der Waals surface area contributed by atoms with Gasteiger partial charge in [-0.05, 0) is 41.8 Å². The number of pyridine rings is 1. The third-order valence-electron chi connectivity index (χ3n) is 5.41. The summed E-state index contributed by atoms with van der Waals surface area (Å²) in [6.45, 7) is 2.59. The van der Waals surface area contributed by atoms with Gasteiger partial charge in [-0.3, -0.25) is 9.78 Å². The second kappa shape index (κ2) is 7.97. The molecule has 0 saturated carbocycles. The minimum Gasteiger partial charge on any atom is -0.347 e. The highest BCUT2D eigenvalue weighted by Gasteiger charge is 2.41. The predicted molar refractivity (Wildman–Crippen MR) is 103 cm³/mol. The van der Waals surface area contributed by atoms with Crippen LogP contribution in [-0.2, 0) is 20.7 Å². The van der Waals surface area contributed by atoms with Gasteiger partial charge in [0.25, 0.3) is 0 Å². The first kappa shape index (κ1) is 18.4. The van der Waals surface area contributed by atoms with E-state index in [1.807, 2.05) is 41.3 Å². The summed E-state index contributed by atoms with van der Waals surface area (Å²) in [6.07, 6.45) is 5.61. The first-order valence-corrected chi connectivity index (χ1v) is 9.74. The number of hydrogen-bond donors (Lipinski definition) is 0. The number of hydrogen-bond acceptors (Lipinski definition) is 4. The lowest BCUT2D eigenvalue weighted by Gasteiger charge is -2.39. The first-order chi connectivity index (χ1) is 13.2. The molecule has 1 spiro atoms. The van der Waals surface area contributed by atoms with E-state index in [0.29, 0.717) is 37.7 Å². The zero-order valence-corrected chi connectivity index (χ0v) is 15.9. The Bertz CT molecular complexity index is 766. The maximum Gasteiger partial charge on any atom is 0.230 e. The predicted octanol–water partition coefficient (Wildman–Crippen LogP) is 3.43. The molecule has 0 aliphatic carbocycles. The van der Waals surface area contributed by atoms with Crippen LogP contribution in [-0.4, -0.2) is 47.9 Å². The molecule has 1 aromatic carbocycles. The molecule has 2 fully saturated rings. The Morgan fingerprint density at radius 3 is 2.33 bits per heavy atom. The number of benzene rings is 1. The van der Waals surface area contributed by atoms with Gasteiger partial charge >= 0.3 is 0 Å². The van der Waals surface area contributed by atoms with Gasteiger partial charge in [-0.2, -0.15) is 0 Å². The first-order valence-electron chi connectivity index (χ1n) is 9.36. The average Bonchev–Trinajstić information content (AvgIpc) is 3.16. The van der Waals surface area contributed by atoms with Gasteiger partial charge in [0, 0.05) is 43.3 Å². The normalized spacial score (nSPS) is 20.0. The van der Waals surface area contributed by atoms with Crippen molar-refractivity contribution in [2.24, 2.45) is 0 Å². The van der Waals surface area contributed by atoms with Crippen molar-refractivity contribution < 1.29 is 14.3 Å². The van der Waals surface area contributed by atoms with Gasteiger partial charge in [0.05, 0.1) is 19.1 Å². The highest BCUT2D eigenvalue weighted by molar-refractivity contribution is 6.30. The zero-order valence-electron chi connectivity index (χ0n) is 15.1. The maximum absolute atomic E-state index is 13.4. The van der Waals surface area contributed by atoms with Gasteiger partial charge in [0.2, 0.25) is 5.91 Å². The van der Waals surface area contributed by atoms with E-state index in [1.54, 1.807) is 12.4 Å². The van der Waals surface area contributed by atoms with Crippen LogP contribution in [0.2, 0.25) is 5.02 Å². The van der Waals surface area contributed by atoms with Crippen LogP contribution in [0.15, 0.2) is 48.8 Å². The fourth-order valence-electron chi connectivity index (χ4n) is 3.87. The van der Waals surface area contributed by atoms with E-state index in [2.05, 4.69) is 4.98 Å². The number of carbonyl (C=O) groups excluding carboxylic acids is 1. The van der Waals surface area contributed by atoms with Crippen LogP contribution >= 0.6 is 11.6 Å². The van der Waals surface area contributed by atoms with Crippen LogP contribution in [0.3, 0.4) is 0 Å². The summed E-state index contributed by atoms with van der Waals surface area (Å²) >= 11 is 6.04. The number of aromatic nitrogens is 1. The average molecular weight is 387 g/mol. The summed E-state index contributed by atoms with van der Waals surface area (Å²) in [5.41, 5.74) is 2.07. The summed E-state index contributed by atoms with van der Waals surface area (Å²) in [5.74, 6) is -0.580. The van der Waals surface area contributed by atoms with E-state index in [1.165, 1.54) is 0 Å². The molecule has 0 radical (unpaired) electrons. The fourth-order valence-corrected chi connectivity index (χ4v) is 4.00. The van der Waals surface area contributed by atoms with Crippen LogP contribution in [0, 0.1) is 0 Å². The number of amides is 1. The van der Waals surface area contributed by atoms with Gasteiger partial charge in [0.15, 0.2) is 5.79 Å². The van der Waals surface area contributed by atoms with Crippen molar-refractivity contribution in [3.8, 4) is 0 Å². The van der Waals surface area contributed by atoms with E-state index in [-0.39, 0.29) is 11.8 Å². The molecule has 1 atom stereocenters. The maximum atomic E-state index is 13.4. The number of halogens is 1. The molecule has 3 heterocycles. The Kier molecular flexibility index (Phi) is 5.43. The number of piperidine rings is 1. The molecule has 1 amide bonds. The van der Waals surface area contributed by atoms with Gasteiger partial charge in [-0.1, -0.05) is 23.7 Å². The molecule has 1 unspecified atom stereocenters. The number of ether oxygens (including phenoxy) is 2. The van der Waals surface area contributed by atoms with Crippen LogP contribution in [0.5, 0.6) is 0 Å². The van der Waals surface area contributed by atoms with Gasteiger partial charge in [0.1, 0.15) is 0 Å². The van der Waals surface area contributed by atoms with E-state index >= 15 is 0 Å². The molecule has 1 aromatic heterocycles. The standard InChI is InChI=1S/C21H23ClN2O3/c22-18-3-1-17(2-4-18)19(15-16-5-9-23-10-6-16)20(25)24-11-7-21(8-12-24)26-13-14-27-21/h1-6,9-10,19H,7-8,11-15H2. The highest BCUT2D eigenvalue weighted by Crippen LogP contribution is 2.33. The van der Waals surface area contributed by atoms with E-state index in [4.69, 9.17) is 21.1 Å². The number of rotatable bonds is 4. The fraction of sp³-hybridized carbons (Fsp3) is 0.429. The summed E-state index contributed by atoms with van der Waals surface area (Å²) < 4.78 is 11.6. The monoisotopic (exact) mass is 386 g/mol. The second-order valence-corrected chi connectivity index (χ2v) is 7.53. The van der Waals surface area contributed by atoms with Crippen molar-refractivity contribution in [2.75, 3.05) is 26.3 Å². The summed E-state index contributed by atoms with van der Waals surface area (Å²) in [4.78, 5) is 19.4. The Labute approximate surface area is 164 Å². The van der Waals surface area contributed by atoms with E-state index < -0.39 is 5.79 Å². The van der Waals surface area contributed by atoms with Crippen LogP contribution < -0.4 is 0 Å². The summed E-state index contributed by atoms with van der Waals surface area (Å²) in [7, 11) is 0. The highest BCUT2D eigenvalue weighted by atomic mass is 35.5. The molecule has 2 saturated heterocycles. The van der Waals surface area contributed by atoms with E-state index in [0.717, 1.165) is 24.0 Å². The molecule has 142 valence electrons. The Balaban J connectivity index is 1.52. The molecular formula is C21H23ClN2O3. The molecule has 2 aliphatic heterocycles. The van der Waals surface area contributed by atoms with Crippen molar-refractivity contribution in [3.63, 3.8) is 0 Å². The lowest BCUT2D eigenvalue weighted by atomic mass is 9.90. The molecule has 27 heavy (non-hydrogen) atoms. The minimum atomic E-state index is -0.475. The quantitative estimate of drug-likeness (QED) is 0.807. The third kappa shape index (κ3) is 4.15. The third-order valence-corrected chi connectivity index (χ3v) is 5.66. The minimum absolute atomic E-state index is 0.141. The number of nitrogens with zero attached hydrogens (tertiary/aromatic N) is 2. The van der Waals surface area contributed by atoms with Crippen molar-refractivity contribution in [2.45, 2.75) is 31.0 Å². The number of carbonyl (C=O) groups is 1. The Morgan fingerprint density at radius 2 is 1.70 bits per heavy atom. The SMILES string of the molecule is O=C(C(Cc1ccncc1)c1ccc(Cl)cc1)N1CCC2(CC1)OCCO2. The molecule has 5 nitrogen and oxygen atoms in total. The Hall–Kier alpha value is -1.95. The van der Waals surface area contributed by atoms with Crippen molar-refractivity contribution >= 4 is 17.5 Å². The number of likely N-dealkylation sites (tertiary alicyclic amines) is 1. The van der Waals surface area contributed by atoms with Crippen molar-refractivity contribution in [3.05, 3.63) is 64.9 Å². The van der Waals surface area contributed by atoms with Crippen LogP contribution in [0.1, 0.15) is 29.9 Å². The van der Waals surface area contributed by atoms with Crippen LogP contribution in [0.4, 0.5) is 0 Å². The molecule has 0 N–H and O–H groups in total. The lowest BCUT2D eigenvalue weighted by Crippen LogP contribution is -2.48. The molecule has 2 aliphatic rings. The zero-order chi connectivity index (χ0) is 18.7. The Morgan fingerprint density at radius 1 is 1.07 bits per heavy atom.